The number of ketones is 1. The SMILES string of the molecule is O=C(CO)[C@@H](O)[C@H](O)c1ccc(C(F)(F)F)cc1. The Morgan fingerprint density at radius 3 is 2.06 bits per heavy atom. The van der Waals surface area contributed by atoms with Gasteiger partial charge in [0, 0.05) is 0 Å². The molecular formula is C11H11F3O4. The van der Waals surface area contributed by atoms with Crippen molar-refractivity contribution >= 4 is 5.78 Å². The van der Waals surface area contributed by atoms with Gasteiger partial charge in [-0.1, -0.05) is 12.1 Å². The second kappa shape index (κ2) is 5.47. The molecule has 1 rings (SSSR count). The van der Waals surface area contributed by atoms with Gasteiger partial charge in [-0.2, -0.15) is 13.2 Å². The van der Waals surface area contributed by atoms with Crippen molar-refractivity contribution < 1.29 is 33.3 Å². The topological polar surface area (TPSA) is 77.8 Å². The van der Waals surface area contributed by atoms with Crippen molar-refractivity contribution in [3.8, 4) is 0 Å². The predicted molar refractivity (Wildman–Crippen MR) is 54.5 cm³/mol. The van der Waals surface area contributed by atoms with Crippen molar-refractivity contribution in [2.24, 2.45) is 0 Å². The molecule has 2 atom stereocenters. The van der Waals surface area contributed by atoms with Crippen LogP contribution in [0, 0.1) is 0 Å². The van der Waals surface area contributed by atoms with Crippen LogP contribution in [0.2, 0.25) is 0 Å². The molecule has 4 nitrogen and oxygen atoms in total. The predicted octanol–water partition coefficient (Wildman–Crippen LogP) is 0.661. The van der Waals surface area contributed by atoms with Crippen molar-refractivity contribution in [3.05, 3.63) is 35.4 Å². The summed E-state index contributed by atoms with van der Waals surface area (Å²) in [6, 6.07) is 3.38. The van der Waals surface area contributed by atoms with Crippen molar-refractivity contribution in [1.29, 1.82) is 0 Å². The Labute approximate surface area is 100 Å². The quantitative estimate of drug-likeness (QED) is 0.746. The summed E-state index contributed by atoms with van der Waals surface area (Å²) >= 11 is 0. The van der Waals surface area contributed by atoms with Gasteiger partial charge in [0.15, 0.2) is 5.78 Å². The largest absolute Gasteiger partial charge is 0.416 e. The van der Waals surface area contributed by atoms with E-state index in [1.165, 1.54) is 0 Å². The first-order valence-electron chi connectivity index (χ1n) is 4.94. The Bertz CT molecular complexity index is 413. The second-order valence-corrected chi connectivity index (χ2v) is 3.63. The lowest BCUT2D eigenvalue weighted by Crippen LogP contribution is -2.30. The number of carbonyl (C=O) groups excluding carboxylic acids is 1. The minimum Gasteiger partial charge on any atom is -0.388 e. The van der Waals surface area contributed by atoms with E-state index in [0.29, 0.717) is 0 Å². The molecule has 0 saturated heterocycles. The maximum atomic E-state index is 12.3. The number of halogens is 3. The van der Waals surface area contributed by atoms with Crippen molar-refractivity contribution in [2.45, 2.75) is 18.4 Å². The van der Waals surface area contributed by atoms with Crippen LogP contribution in [0.3, 0.4) is 0 Å². The third kappa shape index (κ3) is 3.28. The fourth-order valence-electron chi connectivity index (χ4n) is 1.32. The first-order valence-corrected chi connectivity index (χ1v) is 4.94. The summed E-state index contributed by atoms with van der Waals surface area (Å²) in [6.07, 6.45) is -8.04. The molecule has 0 amide bonds. The fraction of sp³-hybridized carbons (Fsp3) is 0.364. The molecule has 0 aliphatic heterocycles. The number of aliphatic hydroxyl groups is 3. The number of hydrogen-bond donors (Lipinski definition) is 3. The molecule has 0 bridgehead atoms. The van der Waals surface area contributed by atoms with Crippen molar-refractivity contribution in [1.82, 2.24) is 0 Å². The molecule has 1 aromatic carbocycles. The molecule has 100 valence electrons. The van der Waals surface area contributed by atoms with Gasteiger partial charge < -0.3 is 15.3 Å². The maximum Gasteiger partial charge on any atom is 0.416 e. The molecule has 0 aliphatic rings. The first kappa shape index (κ1) is 14.6. The monoisotopic (exact) mass is 264 g/mol. The van der Waals surface area contributed by atoms with E-state index in [0.717, 1.165) is 24.3 Å². The van der Waals surface area contributed by atoms with Crippen LogP contribution in [-0.2, 0) is 11.0 Å². The van der Waals surface area contributed by atoms with Gasteiger partial charge in [0.1, 0.15) is 18.8 Å². The smallest absolute Gasteiger partial charge is 0.388 e. The molecule has 0 heterocycles. The molecule has 0 aliphatic carbocycles. The number of hydrogen-bond acceptors (Lipinski definition) is 4. The average molecular weight is 264 g/mol. The van der Waals surface area contributed by atoms with E-state index < -0.39 is 36.3 Å². The van der Waals surface area contributed by atoms with Gasteiger partial charge >= 0.3 is 6.18 Å². The molecule has 0 saturated carbocycles. The third-order valence-corrected chi connectivity index (χ3v) is 2.36. The molecule has 18 heavy (non-hydrogen) atoms. The maximum absolute atomic E-state index is 12.3. The lowest BCUT2D eigenvalue weighted by molar-refractivity contribution is -0.138. The second-order valence-electron chi connectivity index (χ2n) is 3.63. The van der Waals surface area contributed by atoms with Crippen LogP contribution in [0.15, 0.2) is 24.3 Å². The summed E-state index contributed by atoms with van der Waals surface area (Å²) in [7, 11) is 0. The number of rotatable bonds is 4. The zero-order valence-corrected chi connectivity index (χ0v) is 9.05. The summed E-state index contributed by atoms with van der Waals surface area (Å²) in [6.45, 7) is -0.959. The Morgan fingerprint density at radius 2 is 1.67 bits per heavy atom. The third-order valence-electron chi connectivity index (χ3n) is 2.36. The summed E-state index contributed by atoms with van der Waals surface area (Å²) < 4.78 is 36.8. The first-order chi connectivity index (χ1) is 8.27. The highest BCUT2D eigenvalue weighted by Gasteiger charge is 2.31. The summed E-state index contributed by atoms with van der Waals surface area (Å²) in [4.78, 5) is 10.9. The minimum absolute atomic E-state index is 0.0442. The van der Waals surface area contributed by atoms with E-state index in [4.69, 9.17) is 5.11 Å². The fourth-order valence-corrected chi connectivity index (χ4v) is 1.32. The van der Waals surface area contributed by atoms with E-state index in [2.05, 4.69) is 0 Å². The number of benzene rings is 1. The molecule has 3 N–H and O–H groups in total. The zero-order chi connectivity index (χ0) is 13.9. The van der Waals surface area contributed by atoms with E-state index >= 15 is 0 Å². The molecular weight excluding hydrogens is 253 g/mol. The highest BCUT2D eigenvalue weighted by Crippen LogP contribution is 2.30. The van der Waals surface area contributed by atoms with Crippen LogP contribution in [0.25, 0.3) is 0 Å². The number of aliphatic hydroxyl groups excluding tert-OH is 3. The van der Waals surface area contributed by atoms with Crippen LogP contribution in [-0.4, -0.2) is 33.8 Å². The minimum atomic E-state index is -4.50. The molecule has 7 heteroatoms. The van der Waals surface area contributed by atoms with E-state index in [1.54, 1.807) is 0 Å². The van der Waals surface area contributed by atoms with Gasteiger partial charge in [-0.05, 0) is 17.7 Å². The van der Waals surface area contributed by atoms with Crippen LogP contribution < -0.4 is 0 Å². The highest BCUT2D eigenvalue weighted by molar-refractivity contribution is 5.84. The molecule has 0 aromatic heterocycles. The van der Waals surface area contributed by atoms with Gasteiger partial charge in [0.05, 0.1) is 5.56 Å². The van der Waals surface area contributed by atoms with E-state index in [9.17, 15) is 28.2 Å². The van der Waals surface area contributed by atoms with Crippen LogP contribution in [0.1, 0.15) is 17.2 Å². The summed E-state index contributed by atoms with van der Waals surface area (Å²) in [5.41, 5.74) is -0.946. The summed E-state index contributed by atoms with van der Waals surface area (Å²) in [5.74, 6) is -1.01. The molecule has 1 aromatic rings. The van der Waals surface area contributed by atoms with Gasteiger partial charge in [0.2, 0.25) is 0 Å². The van der Waals surface area contributed by atoms with Crippen molar-refractivity contribution in [2.75, 3.05) is 6.61 Å². The Hall–Kier alpha value is -1.44. The van der Waals surface area contributed by atoms with Crippen LogP contribution in [0.5, 0.6) is 0 Å². The van der Waals surface area contributed by atoms with Gasteiger partial charge in [-0.25, -0.2) is 0 Å². The molecule has 0 spiro atoms. The van der Waals surface area contributed by atoms with Gasteiger partial charge in [-0.15, -0.1) is 0 Å². The van der Waals surface area contributed by atoms with E-state index in [-0.39, 0.29) is 5.56 Å². The van der Waals surface area contributed by atoms with E-state index in [1.807, 2.05) is 0 Å². The normalized spacial score (nSPS) is 15.2. The van der Waals surface area contributed by atoms with Gasteiger partial charge in [-0.3, -0.25) is 4.79 Å². The lowest BCUT2D eigenvalue weighted by atomic mass is 10.0. The number of alkyl halides is 3. The lowest BCUT2D eigenvalue weighted by Gasteiger charge is -2.16. The summed E-state index contributed by atoms with van der Waals surface area (Å²) in [5, 5.41) is 27.3. The highest BCUT2D eigenvalue weighted by atomic mass is 19.4. The van der Waals surface area contributed by atoms with Gasteiger partial charge in [0.25, 0.3) is 0 Å². The van der Waals surface area contributed by atoms with Crippen molar-refractivity contribution in [3.63, 3.8) is 0 Å². The Balaban J connectivity index is 2.89. The Kier molecular flexibility index (Phi) is 4.44. The molecule has 0 unspecified atom stereocenters. The Morgan fingerprint density at radius 1 is 1.17 bits per heavy atom. The number of carbonyl (C=O) groups is 1. The molecule has 0 fully saturated rings. The average Bonchev–Trinajstić information content (AvgIpc) is 2.35. The van der Waals surface area contributed by atoms with Crippen LogP contribution >= 0.6 is 0 Å². The molecule has 0 radical (unpaired) electrons. The standard InChI is InChI=1S/C11H11F3O4/c12-11(13,14)7-3-1-6(2-4-7)9(17)10(18)8(16)5-15/h1-4,9-10,15,17-18H,5H2/t9-,10-/m1/s1. The number of Topliss-reactive ketones (excluding diaryl/α,β-unsaturated/α-hetero) is 1. The zero-order valence-electron chi connectivity index (χ0n) is 9.05. The van der Waals surface area contributed by atoms with Crippen LogP contribution in [0.4, 0.5) is 13.2 Å².